The number of carbonyl (C=O) groups is 1. The topological polar surface area (TPSA) is 17.1 Å². The fraction of sp³-hybridized carbons (Fsp3) is 0.682. The number of rotatable bonds is 5. The number of benzene rings is 1. The lowest BCUT2D eigenvalue weighted by Gasteiger charge is -2.57. The van der Waals surface area contributed by atoms with E-state index in [4.69, 9.17) is 0 Å². The Kier molecular flexibility index (Phi) is 5.64. The standard InChI is InChI=1S/C22H34OSi/c1-3-13-21(2,18-7-5-4-6-8-18)22(14-16-24-17-15-22)19-9-11-20(23)12-10-19/h4-8,19H,3,9-17,24H2,1-2H3. The first-order chi connectivity index (χ1) is 11.6. The summed E-state index contributed by atoms with van der Waals surface area (Å²) in [5.41, 5.74) is 2.24. The summed E-state index contributed by atoms with van der Waals surface area (Å²) in [6.45, 7) is 4.91. The molecule has 1 heterocycles. The van der Waals surface area contributed by atoms with Gasteiger partial charge in [-0.1, -0.05) is 62.7 Å². The molecular formula is C22H34OSi. The average molecular weight is 343 g/mol. The maximum absolute atomic E-state index is 11.8. The van der Waals surface area contributed by atoms with Crippen molar-refractivity contribution in [3.8, 4) is 0 Å². The fourth-order valence-corrected chi connectivity index (χ4v) is 8.19. The van der Waals surface area contributed by atoms with Gasteiger partial charge in [0.05, 0.1) is 0 Å². The van der Waals surface area contributed by atoms with Crippen LogP contribution in [0, 0.1) is 11.3 Å². The van der Waals surface area contributed by atoms with Crippen LogP contribution in [0.15, 0.2) is 30.3 Å². The van der Waals surface area contributed by atoms with Gasteiger partial charge in [-0.25, -0.2) is 0 Å². The van der Waals surface area contributed by atoms with E-state index in [2.05, 4.69) is 44.2 Å². The zero-order valence-electron chi connectivity index (χ0n) is 15.7. The molecule has 0 bridgehead atoms. The molecule has 1 nitrogen and oxygen atoms in total. The smallest absolute Gasteiger partial charge is 0.132 e. The summed E-state index contributed by atoms with van der Waals surface area (Å²) in [5.74, 6) is 1.25. The summed E-state index contributed by atoms with van der Waals surface area (Å²) in [6, 6.07) is 14.4. The van der Waals surface area contributed by atoms with Crippen LogP contribution in [0.25, 0.3) is 0 Å². The molecule has 1 aromatic carbocycles. The first kappa shape index (κ1) is 17.9. The van der Waals surface area contributed by atoms with Crippen molar-refractivity contribution in [1.82, 2.24) is 0 Å². The third kappa shape index (κ3) is 3.14. The minimum absolute atomic E-state index is 0.175. The van der Waals surface area contributed by atoms with Gasteiger partial charge >= 0.3 is 0 Å². The van der Waals surface area contributed by atoms with Crippen molar-refractivity contribution in [3.05, 3.63) is 35.9 Å². The number of hydrogen-bond donors (Lipinski definition) is 0. The summed E-state index contributed by atoms with van der Waals surface area (Å²) >= 11 is 0. The highest BCUT2D eigenvalue weighted by atomic mass is 28.2. The van der Waals surface area contributed by atoms with Crippen LogP contribution in [0.5, 0.6) is 0 Å². The van der Waals surface area contributed by atoms with Gasteiger partial charge < -0.3 is 0 Å². The Balaban J connectivity index is 2.03. The fourth-order valence-electron chi connectivity index (χ4n) is 6.07. The molecule has 132 valence electrons. The van der Waals surface area contributed by atoms with Gasteiger partial charge in [0.1, 0.15) is 5.78 Å². The first-order valence-electron chi connectivity index (χ1n) is 10.2. The SMILES string of the molecule is CCCC(C)(c1ccccc1)C1(C2CCC(=O)CC2)CC[SiH2]CC1. The summed E-state index contributed by atoms with van der Waals surface area (Å²) < 4.78 is 0. The molecule has 1 saturated carbocycles. The second kappa shape index (κ2) is 7.55. The monoisotopic (exact) mass is 342 g/mol. The van der Waals surface area contributed by atoms with E-state index in [0.29, 0.717) is 11.2 Å². The molecular weight excluding hydrogens is 308 g/mol. The lowest BCUT2D eigenvalue weighted by molar-refractivity contribution is -0.123. The van der Waals surface area contributed by atoms with Crippen molar-refractivity contribution in [2.45, 2.75) is 82.7 Å². The van der Waals surface area contributed by atoms with Crippen LogP contribution < -0.4 is 0 Å². The maximum Gasteiger partial charge on any atom is 0.132 e. The Labute approximate surface area is 150 Å². The van der Waals surface area contributed by atoms with Gasteiger partial charge in [-0.2, -0.15) is 0 Å². The van der Waals surface area contributed by atoms with Gasteiger partial charge in [-0.3, -0.25) is 4.79 Å². The lowest BCUT2D eigenvalue weighted by atomic mass is 9.49. The molecule has 1 aliphatic carbocycles. The number of hydrogen-bond acceptors (Lipinski definition) is 1. The predicted octanol–water partition coefficient (Wildman–Crippen LogP) is 5.29. The summed E-state index contributed by atoms with van der Waals surface area (Å²) in [7, 11) is 0.175. The van der Waals surface area contributed by atoms with Crippen LogP contribution in [-0.4, -0.2) is 15.3 Å². The largest absolute Gasteiger partial charge is 0.300 e. The molecule has 0 N–H and O–H groups in total. The van der Waals surface area contributed by atoms with Crippen molar-refractivity contribution in [2.24, 2.45) is 11.3 Å². The molecule has 2 aliphatic rings. The second-order valence-electron chi connectivity index (χ2n) is 8.48. The highest BCUT2D eigenvalue weighted by Gasteiger charge is 2.53. The van der Waals surface area contributed by atoms with E-state index >= 15 is 0 Å². The van der Waals surface area contributed by atoms with Crippen LogP contribution in [0.1, 0.15) is 70.8 Å². The van der Waals surface area contributed by atoms with Crippen molar-refractivity contribution in [3.63, 3.8) is 0 Å². The molecule has 1 atom stereocenters. The van der Waals surface area contributed by atoms with Crippen LogP contribution in [0.2, 0.25) is 12.1 Å². The van der Waals surface area contributed by atoms with E-state index in [1.807, 2.05) is 0 Å². The molecule has 0 spiro atoms. The van der Waals surface area contributed by atoms with Crippen molar-refractivity contribution < 1.29 is 4.79 Å². The minimum Gasteiger partial charge on any atom is -0.300 e. The average Bonchev–Trinajstić information content (AvgIpc) is 2.63. The molecule has 1 unspecified atom stereocenters. The molecule has 0 aromatic heterocycles. The summed E-state index contributed by atoms with van der Waals surface area (Å²) in [4.78, 5) is 11.8. The Hall–Kier alpha value is -0.893. The van der Waals surface area contributed by atoms with E-state index in [1.54, 1.807) is 5.56 Å². The number of Topliss-reactive ketones (excluding diaryl/α,β-unsaturated/α-hetero) is 1. The quantitative estimate of drug-likeness (QED) is 0.665. The highest BCUT2D eigenvalue weighted by Crippen LogP contribution is 2.59. The summed E-state index contributed by atoms with van der Waals surface area (Å²) in [5, 5.41) is 0. The second-order valence-corrected chi connectivity index (χ2v) is 10.6. The zero-order valence-corrected chi connectivity index (χ0v) is 17.1. The third-order valence-electron chi connectivity index (χ3n) is 7.33. The molecule has 0 radical (unpaired) electrons. The lowest BCUT2D eigenvalue weighted by Crippen LogP contribution is -2.51. The van der Waals surface area contributed by atoms with Crippen molar-refractivity contribution >= 4 is 15.3 Å². The van der Waals surface area contributed by atoms with E-state index in [9.17, 15) is 4.79 Å². The van der Waals surface area contributed by atoms with E-state index in [0.717, 1.165) is 31.6 Å². The molecule has 1 aromatic rings. The Bertz CT molecular complexity index is 536. The van der Waals surface area contributed by atoms with Crippen LogP contribution in [-0.2, 0) is 10.2 Å². The predicted molar refractivity (Wildman–Crippen MR) is 105 cm³/mol. The van der Waals surface area contributed by atoms with Gasteiger partial charge in [0, 0.05) is 22.4 Å². The molecule has 1 aliphatic heterocycles. The molecule has 2 fully saturated rings. The normalized spacial score (nSPS) is 29.5. The Morgan fingerprint density at radius 1 is 1.12 bits per heavy atom. The van der Waals surface area contributed by atoms with Gasteiger partial charge in [0.25, 0.3) is 0 Å². The van der Waals surface area contributed by atoms with Crippen molar-refractivity contribution in [2.75, 3.05) is 0 Å². The maximum atomic E-state index is 11.8. The zero-order chi connectivity index (χ0) is 17.0. The van der Waals surface area contributed by atoms with Crippen molar-refractivity contribution in [1.29, 1.82) is 0 Å². The molecule has 3 rings (SSSR count). The van der Waals surface area contributed by atoms with Gasteiger partial charge in [0.15, 0.2) is 0 Å². The molecule has 2 heteroatoms. The van der Waals surface area contributed by atoms with Gasteiger partial charge in [-0.05, 0) is 54.4 Å². The third-order valence-corrected chi connectivity index (χ3v) is 9.04. The van der Waals surface area contributed by atoms with Gasteiger partial charge in [0.2, 0.25) is 0 Å². The van der Waals surface area contributed by atoms with Crippen LogP contribution >= 0.6 is 0 Å². The molecule has 1 saturated heterocycles. The number of carbonyl (C=O) groups excluding carboxylic acids is 1. The molecule has 0 amide bonds. The first-order valence-corrected chi connectivity index (χ1v) is 12.2. The van der Waals surface area contributed by atoms with E-state index < -0.39 is 0 Å². The van der Waals surface area contributed by atoms with E-state index in [1.165, 1.54) is 37.8 Å². The Morgan fingerprint density at radius 2 is 1.75 bits per heavy atom. The van der Waals surface area contributed by atoms with Crippen LogP contribution in [0.3, 0.4) is 0 Å². The minimum atomic E-state index is 0.175. The number of ketones is 1. The summed E-state index contributed by atoms with van der Waals surface area (Å²) in [6.07, 6.45) is 9.33. The van der Waals surface area contributed by atoms with E-state index in [-0.39, 0.29) is 14.9 Å². The van der Waals surface area contributed by atoms with Crippen LogP contribution in [0.4, 0.5) is 0 Å². The Morgan fingerprint density at radius 3 is 2.33 bits per heavy atom. The molecule has 24 heavy (non-hydrogen) atoms. The van der Waals surface area contributed by atoms with Gasteiger partial charge in [-0.15, -0.1) is 0 Å². The highest BCUT2D eigenvalue weighted by molar-refractivity contribution is 6.35.